The quantitative estimate of drug-likeness (QED) is 0.763. The van der Waals surface area contributed by atoms with Crippen LogP contribution < -0.4 is 0 Å². The summed E-state index contributed by atoms with van der Waals surface area (Å²) in [5, 5.41) is 4.11. The Morgan fingerprint density at radius 2 is 2.31 bits per heavy atom. The number of rotatable bonds is 2. The molecule has 2 heterocycles. The average molecular weight is 215 g/mol. The van der Waals surface area contributed by atoms with E-state index in [1.165, 1.54) is 11.1 Å². The molecule has 16 heavy (non-hydrogen) atoms. The van der Waals surface area contributed by atoms with E-state index >= 15 is 0 Å². The summed E-state index contributed by atoms with van der Waals surface area (Å²) in [6.07, 6.45) is 4.38. The maximum Gasteiger partial charge on any atom is 0.137 e. The molecule has 4 nitrogen and oxygen atoms in total. The van der Waals surface area contributed by atoms with Crippen LogP contribution in [0.2, 0.25) is 0 Å². The lowest BCUT2D eigenvalue weighted by Gasteiger charge is -2.25. The SMILES string of the molecule is c1ccc2c(c1)CCOC2Cn1cncn1. The first-order chi connectivity index (χ1) is 7.93. The fourth-order valence-corrected chi connectivity index (χ4v) is 2.12. The van der Waals surface area contributed by atoms with Crippen molar-refractivity contribution in [1.82, 2.24) is 14.8 Å². The number of hydrogen-bond donors (Lipinski definition) is 0. The summed E-state index contributed by atoms with van der Waals surface area (Å²) in [6, 6.07) is 8.45. The minimum Gasteiger partial charge on any atom is -0.371 e. The highest BCUT2D eigenvalue weighted by atomic mass is 16.5. The van der Waals surface area contributed by atoms with Gasteiger partial charge in [0.2, 0.25) is 0 Å². The zero-order valence-electron chi connectivity index (χ0n) is 8.91. The van der Waals surface area contributed by atoms with Crippen LogP contribution in [0.1, 0.15) is 17.2 Å². The van der Waals surface area contributed by atoms with Crippen LogP contribution in [-0.4, -0.2) is 21.4 Å². The molecule has 0 aliphatic carbocycles. The first-order valence-corrected chi connectivity index (χ1v) is 5.45. The molecule has 2 aromatic rings. The van der Waals surface area contributed by atoms with Crippen LogP contribution in [0.4, 0.5) is 0 Å². The molecule has 3 rings (SSSR count). The van der Waals surface area contributed by atoms with Crippen LogP contribution in [0.25, 0.3) is 0 Å². The lowest BCUT2D eigenvalue weighted by Crippen LogP contribution is -2.20. The summed E-state index contributed by atoms with van der Waals surface area (Å²) in [5.74, 6) is 0. The zero-order valence-corrected chi connectivity index (χ0v) is 8.91. The fraction of sp³-hybridized carbons (Fsp3) is 0.333. The van der Waals surface area contributed by atoms with Crippen LogP contribution >= 0.6 is 0 Å². The molecule has 0 saturated heterocycles. The highest BCUT2D eigenvalue weighted by Crippen LogP contribution is 2.27. The van der Waals surface area contributed by atoms with E-state index in [1.807, 2.05) is 4.68 Å². The van der Waals surface area contributed by atoms with Crippen molar-refractivity contribution in [1.29, 1.82) is 0 Å². The van der Waals surface area contributed by atoms with Crippen LogP contribution in [0.3, 0.4) is 0 Å². The van der Waals surface area contributed by atoms with Gasteiger partial charge in [-0.1, -0.05) is 24.3 Å². The normalized spacial score (nSPS) is 19.4. The minimum atomic E-state index is 0.103. The number of fused-ring (bicyclic) bond motifs is 1. The van der Waals surface area contributed by atoms with Gasteiger partial charge in [-0.3, -0.25) is 4.68 Å². The van der Waals surface area contributed by atoms with Gasteiger partial charge in [-0.15, -0.1) is 0 Å². The molecule has 4 heteroatoms. The number of ether oxygens (including phenoxy) is 1. The van der Waals surface area contributed by atoms with Crippen molar-refractivity contribution in [3.63, 3.8) is 0 Å². The molecule has 0 fully saturated rings. The van der Waals surface area contributed by atoms with Crippen LogP contribution in [0.15, 0.2) is 36.9 Å². The molecule has 0 spiro atoms. The Balaban J connectivity index is 1.87. The van der Waals surface area contributed by atoms with Gasteiger partial charge in [0.05, 0.1) is 13.2 Å². The monoisotopic (exact) mass is 215 g/mol. The van der Waals surface area contributed by atoms with Gasteiger partial charge < -0.3 is 4.74 Å². The Morgan fingerprint density at radius 1 is 1.38 bits per heavy atom. The Kier molecular flexibility index (Phi) is 2.42. The van der Waals surface area contributed by atoms with Gasteiger partial charge in [-0.25, -0.2) is 4.98 Å². The fourth-order valence-electron chi connectivity index (χ4n) is 2.12. The number of benzene rings is 1. The van der Waals surface area contributed by atoms with Crippen molar-refractivity contribution < 1.29 is 4.74 Å². The smallest absolute Gasteiger partial charge is 0.137 e. The Morgan fingerprint density at radius 3 is 3.19 bits per heavy atom. The highest BCUT2D eigenvalue weighted by molar-refractivity contribution is 5.30. The second kappa shape index (κ2) is 4.06. The second-order valence-electron chi connectivity index (χ2n) is 3.93. The van der Waals surface area contributed by atoms with Crippen molar-refractivity contribution in [3.05, 3.63) is 48.0 Å². The standard InChI is InChI=1S/C12H13N3O/c1-2-4-11-10(3-1)5-6-16-12(11)7-15-9-13-8-14-15/h1-4,8-9,12H,5-7H2. The van der Waals surface area contributed by atoms with Crippen LogP contribution in [0, 0.1) is 0 Å². The number of aromatic nitrogens is 3. The van der Waals surface area contributed by atoms with E-state index in [0.717, 1.165) is 19.6 Å². The zero-order chi connectivity index (χ0) is 10.8. The third-order valence-corrected chi connectivity index (χ3v) is 2.91. The van der Waals surface area contributed by atoms with E-state index in [1.54, 1.807) is 12.7 Å². The molecule has 1 aromatic heterocycles. The highest BCUT2D eigenvalue weighted by Gasteiger charge is 2.20. The van der Waals surface area contributed by atoms with Gasteiger partial charge in [-0.2, -0.15) is 5.10 Å². The predicted octanol–water partition coefficient (Wildman–Crippen LogP) is 1.59. The van der Waals surface area contributed by atoms with Gasteiger partial charge in [0, 0.05) is 0 Å². The maximum atomic E-state index is 5.79. The van der Waals surface area contributed by atoms with E-state index in [4.69, 9.17) is 4.74 Å². The second-order valence-corrected chi connectivity index (χ2v) is 3.93. The molecule has 0 N–H and O–H groups in total. The van der Waals surface area contributed by atoms with Gasteiger partial charge in [0.15, 0.2) is 0 Å². The van der Waals surface area contributed by atoms with Crippen molar-refractivity contribution in [2.24, 2.45) is 0 Å². The lowest BCUT2D eigenvalue weighted by atomic mass is 9.98. The molecule has 82 valence electrons. The molecule has 0 amide bonds. The summed E-state index contributed by atoms with van der Waals surface area (Å²) < 4.78 is 7.60. The van der Waals surface area contributed by atoms with Crippen molar-refractivity contribution in [2.45, 2.75) is 19.1 Å². The Bertz CT molecular complexity index is 467. The lowest BCUT2D eigenvalue weighted by molar-refractivity contribution is 0.0282. The molecule has 1 atom stereocenters. The molecule has 0 saturated carbocycles. The van der Waals surface area contributed by atoms with E-state index in [0.29, 0.717) is 0 Å². The van der Waals surface area contributed by atoms with Crippen molar-refractivity contribution >= 4 is 0 Å². The number of nitrogens with zero attached hydrogens (tertiary/aromatic N) is 3. The third-order valence-electron chi connectivity index (χ3n) is 2.91. The van der Waals surface area contributed by atoms with Gasteiger partial charge in [0.25, 0.3) is 0 Å². The van der Waals surface area contributed by atoms with E-state index in [-0.39, 0.29) is 6.10 Å². The first-order valence-electron chi connectivity index (χ1n) is 5.45. The summed E-state index contributed by atoms with van der Waals surface area (Å²) >= 11 is 0. The Labute approximate surface area is 93.9 Å². The van der Waals surface area contributed by atoms with E-state index in [2.05, 4.69) is 34.3 Å². The Hall–Kier alpha value is -1.68. The molecule has 0 bridgehead atoms. The van der Waals surface area contributed by atoms with Crippen molar-refractivity contribution in [3.8, 4) is 0 Å². The molecule has 0 radical (unpaired) electrons. The summed E-state index contributed by atoms with van der Waals surface area (Å²) in [5.41, 5.74) is 2.67. The van der Waals surface area contributed by atoms with Crippen molar-refractivity contribution in [2.75, 3.05) is 6.61 Å². The molecule has 1 aromatic carbocycles. The van der Waals surface area contributed by atoms with E-state index in [9.17, 15) is 0 Å². The third kappa shape index (κ3) is 1.72. The molecule has 1 aliphatic heterocycles. The molecule has 1 unspecified atom stereocenters. The summed E-state index contributed by atoms with van der Waals surface area (Å²) in [4.78, 5) is 3.94. The maximum absolute atomic E-state index is 5.79. The topological polar surface area (TPSA) is 39.9 Å². The minimum absolute atomic E-state index is 0.103. The van der Waals surface area contributed by atoms with Gasteiger partial charge in [-0.05, 0) is 17.5 Å². The molecular formula is C12H13N3O. The summed E-state index contributed by atoms with van der Waals surface area (Å²) in [7, 11) is 0. The van der Waals surface area contributed by atoms with Gasteiger partial charge >= 0.3 is 0 Å². The number of hydrogen-bond acceptors (Lipinski definition) is 3. The summed E-state index contributed by atoms with van der Waals surface area (Å²) in [6.45, 7) is 1.52. The van der Waals surface area contributed by atoms with Gasteiger partial charge in [0.1, 0.15) is 18.8 Å². The van der Waals surface area contributed by atoms with E-state index < -0.39 is 0 Å². The predicted molar refractivity (Wildman–Crippen MR) is 58.9 cm³/mol. The largest absolute Gasteiger partial charge is 0.371 e. The average Bonchev–Trinajstić information content (AvgIpc) is 2.82. The molecule has 1 aliphatic rings. The van der Waals surface area contributed by atoms with Crippen LogP contribution in [0.5, 0.6) is 0 Å². The first kappa shape index (κ1) is 9.54. The van der Waals surface area contributed by atoms with Crippen LogP contribution in [-0.2, 0) is 17.7 Å². The molecular weight excluding hydrogens is 202 g/mol.